The predicted molar refractivity (Wildman–Crippen MR) is 115 cm³/mol. The number of fused-ring (bicyclic) bond motifs is 3. The van der Waals surface area contributed by atoms with Crippen LogP contribution in [0.15, 0.2) is 53.1 Å². The summed E-state index contributed by atoms with van der Waals surface area (Å²) in [6, 6.07) is 12.1. The summed E-state index contributed by atoms with van der Waals surface area (Å²) in [5.74, 6) is 0.326. The Kier molecular flexibility index (Phi) is 4.77. The van der Waals surface area contributed by atoms with Crippen LogP contribution in [0, 0.1) is 5.92 Å². The summed E-state index contributed by atoms with van der Waals surface area (Å²) in [6.45, 7) is 0.607. The maximum atomic E-state index is 13.2. The maximum absolute atomic E-state index is 13.2. The molecule has 1 amide bonds. The van der Waals surface area contributed by atoms with E-state index in [1.807, 2.05) is 24.3 Å². The summed E-state index contributed by atoms with van der Waals surface area (Å²) in [5.41, 5.74) is 1.33. The largest absolute Gasteiger partial charge is 0.489 e. The fourth-order valence-corrected chi connectivity index (χ4v) is 3.82. The number of rotatable bonds is 5. The Hall–Kier alpha value is -2.80. The summed E-state index contributed by atoms with van der Waals surface area (Å²) in [4.78, 5) is 17.2. The number of hydroxylamine groups is 1. The number of para-hydroxylation sites is 1. The number of carbonyl (C=O) groups is 1. The summed E-state index contributed by atoms with van der Waals surface area (Å²) in [6.07, 6.45) is 3.62. The number of amides is 1. The van der Waals surface area contributed by atoms with Gasteiger partial charge in [0.2, 0.25) is 0 Å². The standard InChI is InChI=1S/C22H16Cl2N2O4/c23-13-9-16(24)21(25-10-13)26(28)22(27)15-7-8-18(29-11-12-5-6-12)20-19(15)14-3-1-2-4-17(14)30-20/h1-4,7-10,12,28H,5-6,11H2. The molecule has 8 heteroatoms. The molecule has 0 bridgehead atoms. The van der Waals surface area contributed by atoms with Gasteiger partial charge < -0.3 is 9.15 Å². The molecule has 0 saturated heterocycles. The number of carbonyl (C=O) groups excluding carboxylic acids is 1. The van der Waals surface area contributed by atoms with Crippen LogP contribution in [-0.4, -0.2) is 22.7 Å². The molecule has 1 fully saturated rings. The van der Waals surface area contributed by atoms with E-state index in [4.69, 9.17) is 32.4 Å². The van der Waals surface area contributed by atoms with E-state index in [9.17, 15) is 10.0 Å². The Morgan fingerprint density at radius 1 is 1.23 bits per heavy atom. The fraction of sp³-hybridized carbons (Fsp3) is 0.182. The van der Waals surface area contributed by atoms with Crippen LogP contribution < -0.4 is 9.80 Å². The minimum absolute atomic E-state index is 0.0519. The number of ether oxygens (including phenoxy) is 1. The highest BCUT2D eigenvalue weighted by Crippen LogP contribution is 2.39. The molecule has 0 unspecified atom stereocenters. The van der Waals surface area contributed by atoms with E-state index >= 15 is 0 Å². The number of pyridine rings is 1. The van der Waals surface area contributed by atoms with Crippen molar-refractivity contribution in [2.24, 2.45) is 5.92 Å². The fourth-order valence-electron chi connectivity index (χ4n) is 3.36. The van der Waals surface area contributed by atoms with Gasteiger partial charge in [0.1, 0.15) is 5.58 Å². The Balaban J connectivity index is 1.62. The molecular weight excluding hydrogens is 427 g/mol. The Labute approximate surface area is 181 Å². The third-order valence-electron chi connectivity index (χ3n) is 5.07. The number of hydrogen-bond donors (Lipinski definition) is 1. The molecule has 4 aromatic rings. The molecule has 152 valence electrons. The number of aromatic nitrogens is 1. The van der Waals surface area contributed by atoms with Crippen molar-refractivity contribution in [2.75, 3.05) is 11.7 Å². The van der Waals surface area contributed by atoms with Gasteiger partial charge in [-0.15, -0.1) is 0 Å². The van der Waals surface area contributed by atoms with Crippen molar-refractivity contribution >= 4 is 56.9 Å². The van der Waals surface area contributed by atoms with E-state index in [0.29, 0.717) is 44.9 Å². The monoisotopic (exact) mass is 442 g/mol. The van der Waals surface area contributed by atoms with Crippen molar-refractivity contribution in [1.29, 1.82) is 0 Å². The second-order valence-electron chi connectivity index (χ2n) is 7.24. The molecule has 6 nitrogen and oxygen atoms in total. The number of hydrogen-bond acceptors (Lipinski definition) is 5. The molecule has 0 atom stereocenters. The van der Waals surface area contributed by atoms with Crippen molar-refractivity contribution in [2.45, 2.75) is 12.8 Å². The second-order valence-corrected chi connectivity index (χ2v) is 8.09. The summed E-state index contributed by atoms with van der Waals surface area (Å²) >= 11 is 12.0. The molecule has 0 aliphatic heterocycles. The normalized spacial score (nSPS) is 13.7. The van der Waals surface area contributed by atoms with Gasteiger partial charge in [0.15, 0.2) is 17.2 Å². The van der Waals surface area contributed by atoms with Gasteiger partial charge in [0, 0.05) is 17.0 Å². The van der Waals surface area contributed by atoms with Gasteiger partial charge in [-0.1, -0.05) is 41.4 Å². The lowest BCUT2D eigenvalue weighted by Crippen LogP contribution is -2.28. The first-order valence-electron chi connectivity index (χ1n) is 9.44. The lowest BCUT2D eigenvalue weighted by atomic mass is 10.0. The zero-order valence-corrected chi connectivity index (χ0v) is 17.2. The number of furan rings is 1. The van der Waals surface area contributed by atoms with Crippen molar-refractivity contribution < 1.29 is 19.2 Å². The highest BCUT2D eigenvalue weighted by molar-refractivity contribution is 6.36. The van der Waals surface area contributed by atoms with E-state index in [2.05, 4.69) is 4.98 Å². The summed E-state index contributed by atoms with van der Waals surface area (Å²) in [5, 5.41) is 12.6. The summed E-state index contributed by atoms with van der Waals surface area (Å²) < 4.78 is 12.0. The third-order valence-corrected chi connectivity index (χ3v) is 5.56. The van der Waals surface area contributed by atoms with E-state index in [0.717, 1.165) is 18.2 Å². The van der Waals surface area contributed by atoms with Gasteiger partial charge in [-0.25, -0.2) is 4.98 Å². The lowest BCUT2D eigenvalue weighted by Gasteiger charge is -2.16. The number of nitrogens with zero attached hydrogens (tertiary/aromatic N) is 2. The van der Waals surface area contributed by atoms with Gasteiger partial charge >= 0.3 is 0 Å². The maximum Gasteiger partial charge on any atom is 0.284 e. The van der Waals surface area contributed by atoms with Crippen LogP contribution in [0.2, 0.25) is 10.0 Å². The molecule has 1 aliphatic carbocycles. The van der Waals surface area contributed by atoms with E-state index in [-0.39, 0.29) is 16.4 Å². The lowest BCUT2D eigenvalue weighted by molar-refractivity contribution is 0.0853. The quantitative estimate of drug-likeness (QED) is 0.297. The molecular formula is C22H16Cl2N2O4. The Morgan fingerprint density at radius 2 is 2.03 bits per heavy atom. The minimum atomic E-state index is -0.697. The molecule has 0 spiro atoms. The first-order chi connectivity index (χ1) is 14.5. The Bertz CT molecular complexity index is 1280. The average Bonchev–Trinajstić information content (AvgIpc) is 3.49. The van der Waals surface area contributed by atoms with Gasteiger partial charge in [0.25, 0.3) is 5.91 Å². The highest BCUT2D eigenvalue weighted by atomic mass is 35.5. The van der Waals surface area contributed by atoms with Crippen molar-refractivity contribution in [3.8, 4) is 5.75 Å². The first-order valence-corrected chi connectivity index (χ1v) is 10.2. The molecule has 1 saturated carbocycles. The topological polar surface area (TPSA) is 75.8 Å². The molecule has 2 aromatic carbocycles. The van der Waals surface area contributed by atoms with Crippen LogP contribution >= 0.6 is 23.2 Å². The zero-order valence-electron chi connectivity index (χ0n) is 15.6. The predicted octanol–water partition coefficient (Wildman–Crippen LogP) is 6.11. The number of anilines is 1. The smallest absolute Gasteiger partial charge is 0.284 e. The van der Waals surface area contributed by atoms with Crippen LogP contribution in [0.3, 0.4) is 0 Å². The van der Waals surface area contributed by atoms with Gasteiger partial charge in [0.05, 0.1) is 22.2 Å². The highest BCUT2D eigenvalue weighted by Gasteiger charge is 2.27. The van der Waals surface area contributed by atoms with Crippen LogP contribution in [0.1, 0.15) is 23.2 Å². The van der Waals surface area contributed by atoms with Crippen LogP contribution in [-0.2, 0) is 0 Å². The van der Waals surface area contributed by atoms with Crippen LogP contribution in [0.5, 0.6) is 5.75 Å². The van der Waals surface area contributed by atoms with Gasteiger partial charge in [-0.2, -0.15) is 5.06 Å². The van der Waals surface area contributed by atoms with E-state index in [1.165, 1.54) is 12.3 Å². The second kappa shape index (κ2) is 7.47. The average molecular weight is 443 g/mol. The summed E-state index contributed by atoms with van der Waals surface area (Å²) in [7, 11) is 0. The molecule has 5 rings (SSSR count). The molecule has 2 heterocycles. The van der Waals surface area contributed by atoms with Crippen LogP contribution in [0.4, 0.5) is 5.82 Å². The van der Waals surface area contributed by atoms with Gasteiger partial charge in [-0.3, -0.25) is 10.0 Å². The van der Waals surface area contributed by atoms with Crippen molar-refractivity contribution in [3.63, 3.8) is 0 Å². The molecule has 0 radical (unpaired) electrons. The zero-order chi connectivity index (χ0) is 20.8. The van der Waals surface area contributed by atoms with Crippen LogP contribution in [0.25, 0.3) is 21.9 Å². The third kappa shape index (κ3) is 3.37. The van der Waals surface area contributed by atoms with Gasteiger partial charge in [-0.05, 0) is 43.0 Å². The van der Waals surface area contributed by atoms with Crippen molar-refractivity contribution in [3.05, 3.63) is 64.3 Å². The molecule has 1 aliphatic rings. The minimum Gasteiger partial charge on any atom is -0.489 e. The van der Waals surface area contributed by atoms with Crippen molar-refractivity contribution in [1.82, 2.24) is 4.98 Å². The molecule has 30 heavy (non-hydrogen) atoms. The van der Waals surface area contributed by atoms with E-state index in [1.54, 1.807) is 12.1 Å². The molecule has 2 aromatic heterocycles. The number of benzene rings is 2. The Morgan fingerprint density at radius 3 is 2.80 bits per heavy atom. The SMILES string of the molecule is O=C(c1ccc(OCC2CC2)c2oc3ccccc3c12)N(O)c1ncc(Cl)cc1Cl. The molecule has 1 N–H and O–H groups in total. The number of halogens is 2. The van der Waals surface area contributed by atoms with E-state index < -0.39 is 5.91 Å². The first kappa shape index (κ1) is 19.2.